The van der Waals surface area contributed by atoms with E-state index in [1.54, 1.807) is 29.5 Å². The number of carbonyl (C=O) groups is 1. The van der Waals surface area contributed by atoms with Gasteiger partial charge in [0.25, 0.3) is 5.91 Å². The summed E-state index contributed by atoms with van der Waals surface area (Å²) in [7, 11) is 0. The Kier molecular flexibility index (Phi) is 4.81. The van der Waals surface area contributed by atoms with Crippen molar-refractivity contribution in [3.63, 3.8) is 0 Å². The molecule has 26 heavy (non-hydrogen) atoms. The largest absolute Gasteiger partial charge is 0.465 e. The molecule has 3 aromatic rings. The Balaban J connectivity index is 1.67. The molecule has 1 aliphatic rings. The molecule has 1 aromatic carbocycles. The summed E-state index contributed by atoms with van der Waals surface area (Å²) >= 11 is 2.76. The third-order valence-electron chi connectivity index (χ3n) is 3.48. The van der Waals surface area contributed by atoms with Gasteiger partial charge in [0.1, 0.15) is 5.76 Å². The van der Waals surface area contributed by atoms with Gasteiger partial charge >= 0.3 is 0 Å². The Bertz CT molecular complexity index is 975. The second-order valence-electron chi connectivity index (χ2n) is 5.19. The molecule has 3 heterocycles. The lowest BCUT2D eigenvalue weighted by atomic mass is 10.3. The molecule has 0 unspecified atom stereocenters. The molecule has 0 radical (unpaired) electrons. The average Bonchev–Trinajstić information content (AvgIpc) is 3.40. The number of hydrogen-bond donors (Lipinski definition) is 0. The number of benzene rings is 1. The third-order valence-corrected chi connectivity index (χ3v) is 5.14. The van der Waals surface area contributed by atoms with Gasteiger partial charge in [-0.15, -0.1) is 11.3 Å². The predicted octanol–water partition coefficient (Wildman–Crippen LogP) is 5.10. The van der Waals surface area contributed by atoms with E-state index < -0.39 is 0 Å². The van der Waals surface area contributed by atoms with Gasteiger partial charge < -0.3 is 4.42 Å². The first-order chi connectivity index (χ1) is 12.8. The highest BCUT2D eigenvalue weighted by Crippen LogP contribution is 2.36. The van der Waals surface area contributed by atoms with Gasteiger partial charge in [-0.05, 0) is 48.2 Å². The zero-order chi connectivity index (χ0) is 17.8. The summed E-state index contributed by atoms with van der Waals surface area (Å²) in [4.78, 5) is 23.8. The molecule has 2 aromatic heterocycles. The van der Waals surface area contributed by atoms with Crippen LogP contribution in [0.25, 0.3) is 6.08 Å². The number of para-hydroxylation sites is 1. The fraction of sp³-hybridized carbons (Fsp3) is 0. The monoisotopic (exact) mass is 379 g/mol. The Morgan fingerprint density at radius 2 is 2.04 bits per heavy atom. The molecule has 0 saturated carbocycles. The van der Waals surface area contributed by atoms with Crippen LogP contribution < -0.4 is 4.90 Å². The van der Waals surface area contributed by atoms with Gasteiger partial charge in [-0.1, -0.05) is 24.3 Å². The summed E-state index contributed by atoms with van der Waals surface area (Å²) in [5.74, 6) is 0.620. The van der Waals surface area contributed by atoms with Crippen LogP contribution in [0.2, 0.25) is 0 Å². The second kappa shape index (κ2) is 7.55. The van der Waals surface area contributed by atoms with Crippen molar-refractivity contribution in [1.29, 1.82) is 0 Å². The van der Waals surface area contributed by atoms with E-state index in [4.69, 9.17) is 4.42 Å². The van der Waals surface area contributed by atoms with Gasteiger partial charge in [0.05, 0.1) is 16.9 Å². The zero-order valence-corrected chi connectivity index (χ0v) is 15.1. The number of hydrogen-bond acceptors (Lipinski definition) is 6. The van der Waals surface area contributed by atoms with Crippen molar-refractivity contribution in [2.45, 2.75) is 0 Å². The molecule has 5 nitrogen and oxygen atoms in total. The van der Waals surface area contributed by atoms with Crippen LogP contribution in [-0.2, 0) is 4.79 Å². The maximum atomic E-state index is 12.9. The quantitative estimate of drug-likeness (QED) is 0.592. The van der Waals surface area contributed by atoms with Gasteiger partial charge in [0.15, 0.2) is 5.17 Å². The lowest BCUT2D eigenvalue weighted by molar-refractivity contribution is -0.113. The number of thioether (sulfide) groups is 1. The van der Waals surface area contributed by atoms with E-state index >= 15 is 0 Å². The van der Waals surface area contributed by atoms with Crippen molar-refractivity contribution in [3.05, 3.63) is 83.1 Å². The third kappa shape index (κ3) is 3.54. The summed E-state index contributed by atoms with van der Waals surface area (Å²) in [6, 6.07) is 13.1. The lowest BCUT2D eigenvalue weighted by Crippen LogP contribution is -2.28. The van der Waals surface area contributed by atoms with Crippen molar-refractivity contribution in [2.24, 2.45) is 4.99 Å². The molecule has 0 spiro atoms. The van der Waals surface area contributed by atoms with Gasteiger partial charge in [0, 0.05) is 11.6 Å². The van der Waals surface area contributed by atoms with Crippen molar-refractivity contribution in [1.82, 2.24) is 4.98 Å². The number of thiazole rings is 1. The van der Waals surface area contributed by atoms with Crippen LogP contribution in [0.15, 0.2) is 86.8 Å². The minimum absolute atomic E-state index is 0.111. The van der Waals surface area contributed by atoms with E-state index in [-0.39, 0.29) is 5.91 Å². The fourth-order valence-corrected chi connectivity index (χ4v) is 3.83. The van der Waals surface area contributed by atoms with Crippen LogP contribution in [0.1, 0.15) is 5.76 Å². The summed E-state index contributed by atoms with van der Waals surface area (Å²) in [5, 5.41) is 3.07. The molecule has 7 heteroatoms. The first kappa shape index (κ1) is 16.6. The van der Waals surface area contributed by atoms with Gasteiger partial charge in [-0.3, -0.25) is 9.69 Å². The highest BCUT2D eigenvalue weighted by molar-refractivity contribution is 8.19. The van der Waals surface area contributed by atoms with Crippen molar-refractivity contribution >= 4 is 51.1 Å². The van der Waals surface area contributed by atoms with Gasteiger partial charge in [0.2, 0.25) is 5.13 Å². The highest BCUT2D eigenvalue weighted by Gasteiger charge is 2.34. The smallest absolute Gasteiger partial charge is 0.271 e. The number of furan rings is 1. The first-order valence-corrected chi connectivity index (χ1v) is 9.48. The van der Waals surface area contributed by atoms with Crippen LogP contribution in [0.3, 0.4) is 0 Å². The molecule has 128 valence electrons. The number of carbonyl (C=O) groups excluding carboxylic acids is 1. The zero-order valence-electron chi connectivity index (χ0n) is 13.5. The van der Waals surface area contributed by atoms with Crippen LogP contribution in [0, 0.1) is 0 Å². The highest BCUT2D eigenvalue weighted by atomic mass is 32.2. The number of allylic oxidation sites excluding steroid dienone is 2. The number of rotatable bonds is 4. The summed E-state index contributed by atoms with van der Waals surface area (Å²) in [6.45, 7) is 0. The number of aromatic nitrogens is 1. The molecule has 1 aliphatic heterocycles. The van der Waals surface area contributed by atoms with Crippen LogP contribution in [0.4, 0.5) is 10.8 Å². The Labute approximate surface area is 158 Å². The van der Waals surface area contributed by atoms with E-state index in [0.29, 0.717) is 15.2 Å². The predicted molar refractivity (Wildman–Crippen MR) is 107 cm³/mol. The van der Waals surface area contributed by atoms with E-state index in [0.717, 1.165) is 11.4 Å². The van der Waals surface area contributed by atoms with Crippen LogP contribution >= 0.6 is 23.1 Å². The van der Waals surface area contributed by atoms with Gasteiger partial charge in [-0.2, -0.15) is 4.99 Å². The second-order valence-corrected chi connectivity index (χ2v) is 7.07. The SMILES string of the molecule is O=C1/C(=C\C=C\c2ccco2)S/C(=N/c2nccs2)N1c1ccccc1. The maximum Gasteiger partial charge on any atom is 0.271 e. The molecule has 1 fully saturated rings. The number of anilines is 1. The number of nitrogens with zero attached hydrogens (tertiary/aromatic N) is 3. The Morgan fingerprint density at radius 3 is 2.77 bits per heavy atom. The molecule has 4 rings (SSSR count). The number of amidine groups is 1. The Hall–Kier alpha value is -2.90. The van der Waals surface area contributed by atoms with E-state index in [1.165, 1.54) is 23.1 Å². The first-order valence-electron chi connectivity index (χ1n) is 7.79. The molecule has 1 saturated heterocycles. The van der Waals surface area contributed by atoms with Crippen molar-refractivity contribution in [3.8, 4) is 0 Å². The Morgan fingerprint density at radius 1 is 1.15 bits per heavy atom. The molecular weight excluding hydrogens is 366 g/mol. The number of amides is 1. The summed E-state index contributed by atoms with van der Waals surface area (Å²) < 4.78 is 5.26. The van der Waals surface area contributed by atoms with Crippen molar-refractivity contribution in [2.75, 3.05) is 4.90 Å². The summed E-state index contributed by atoms with van der Waals surface area (Å²) in [5.41, 5.74) is 0.777. The van der Waals surface area contributed by atoms with E-state index in [2.05, 4.69) is 9.98 Å². The molecular formula is C19H13N3O2S2. The molecule has 0 aliphatic carbocycles. The fourth-order valence-electron chi connectivity index (χ4n) is 2.34. The van der Waals surface area contributed by atoms with E-state index in [1.807, 2.05) is 53.9 Å². The maximum absolute atomic E-state index is 12.9. The molecule has 1 amide bonds. The molecule has 0 bridgehead atoms. The average molecular weight is 379 g/mol. The lowest BCUT2D eigenvalue weighted by Gasteiger charge is -2.14. The normalized spacial score (nSPS) is 17.8. The minimum Gasteiger partial charge on any atom is -0.465 e. The van der Waals surface area contributed by atoms with E-state index in [9.17, 15) is 4.79 Å². The summed E-state index contributed by atoms with van der Waals surface area (Å²) in [6.07, 6.45) is 8.69. The van der Waals surface area contributed by atoms with Gasteiger partial charge in [-0.25, -0.2) is 4.98 Å². The standard InChI is InChI=1S/C19H13N3O2S2/c23-17-16(10-4-8-15-9-5-12-24-15)26-19(21-18-20-11-13-25-18)22(17)14-6-2-1-3-7-14/h1-13H/b8-4+,16-10+,21-19+. The topological polar surface area (TPSA) is 58.7 Å². The van der Waals surface area contributed by atoms with Crippen LogP contribution in [-0.4, -0.2) is 16.1 Å². The molecule has 0 N–H and O–H groups in total. The van der Waals surface area contributed by atoms with Crippen LogP contribution in [0.5, 0.6) is 0 Å². The van der Waals surface area contributed by atoms with Crippen molar-refractivity contribution < 1.29 is 9.21 Å². The minimum atomic E-state index is -0.111. The molecule has 0 atom stereocenters. The number of aliphatic imine (C=N–C) groups is 1.